The van der Waals surface area contributed by atoms with Crippen molar-refractivity contribution in [3.8, 4) is 0 Å². The van der Waals surface area contributed by atoms with Crippen molar-refractivity contribution in [2.24, 2.45) is 5.41 Å². The third kappa shape index (κ3) is 5.00. The van der Waals surface area contributed by atoms with Crippen LogP contribution in [-0.2, 0) is 9.59 Å². The van der Waals surface area contributed by atoms with E-state index in [0.717, 1.165) is 5.75 Å². The number of nitrogens with one attached hydrogen (secondary N) is 1. The molecular formula is C19H26N2O4S. The molecule has 6 nitrogen and oxygen atoms in total. The van der Waals surface area contributed by atoms with E-state index >= 15 is 0 Å². The number of hydrogen-bond donors (Lipinski definition) is 2. The third-order valence-electron chi connectivity index (χ3n) is 4.77. The number of rotatable bonds is 7. The van der Waals surface area contributed by atoms with E-state index < -0.39 is 17.4 Å². The molecule has 1 heterocycles. The van der Waals surface area contributed by atoms with Crippen LogP contribution < -0.4 is 5.32 Å². The van der Waals surface area contributed by atoms with Gasteiger partial charge in [0.05, 0.1) is 5.41 Å². The Kier molecular flexibility index (Phi) is 7.08. The summed E-state index contributed by atoms with van der Waals surface area (Å²) in [6, 6.07) is 8.13. The second kappa shape index (κ2) is 9.07. The minimum Gasteiger partial charge on any atom is -0.481 e. The van der Waals surface area contributed by atoms with Crippen LogP contribution in [0.15, 0.2) is 30.3 Å². The Morgan fingerprint density at radius 2 is 2.00 bits per heavy atom. The summed E-state index contributed by atoms with van der Waals surface area (Å²) in [7, 11) is 0. The van der Waals surface area contributed by atoms with Gasteiger partial charge in [-0.2, -0.15) is 11.8 Å². The summed E-state index contributed by atoms with van der Waals surface area (Å²) in [6.45, 7) is 2.38. The first-order valence-electron chi connectivity index (χ1n) is 8.74. The number of carbonyl (C=O) groups excluding carboxylic acids is 2. The Morgan fingerprint density at radius 3 is 2.62 bits per heavy atom. The highest BCUT2D eigenvalue weighted by Gasteiger charge is 2.40. The zero-order chi connectivity index (χ0) is 19.2. The molecule has 1 aromatic carbocycles. The van der Waals surface area contributed by atoms with Gasteiger partial charge in [-0.1, -0.05) is 18.2 Å². The lowest BCUT2D eigenvalue weighted by Crippen LogP contribution is -2.54. The van der Waals surface area contributed by atoms with Gasteiger partial charge in [0.25, 0.3) is 5.91 Å². The average Bonchev–Trinajstić information content (AvgIpc) is 2.65. The maximum atomic E-state index is 13.0. The molecular weight excluding hydrogens is 352 g/mol. The van der Waals surface area contributed by atoms with E-state index in [1.54, 1.807) is 47.9 Å². The molecule has 26 heavy (non-hydrogen) atoms. The molecule has 1 aliphatic heterocycles. The van der Waals surface area contributed by atoms with E-state index in [1.165, 1.54) is 0 Å². The van der Waals surface area contributed by atoms with E-state index in [9.17, 15) is 19.5 Å². The van der Waals surface area contributed by atoms with E-state index in [0.29, 0.717) is 31.4 Å². The van der Waals surface area contributed by atoms with Crippen molar-refractivity contribution in [3.05, 3.63) is 35.9 Å². The van der Waals surface area contributed by atoms with Gasteiger partial charge < -0.3 is 15.3 Å². The summed E-state index contributed by atoms with van der Waals surface area (Å²) < 4.78 is 0. The van der Waals surface area contributed by atoms with Gasteiger partial charge in [0, 0.05) is 18.7 Å². The van der Waals surface area contributed by atoms with Crippen LogP contribution in [0.1, 0.15) is 36.5 Å². The Morgan fingerprint density at radius 1 is 1.31 bits per heavy atom. The fourth-order valence-corrected chi connectivity index (χ4v) is 3.62. The molecule has 0 aromatic heterocycles. The first-order chi connectivity index (χ1) is 12.4. The van der Waals surface area contributed by atoms with Crippen LogP contribution in [0.2, 0.25) is 0 Å². The minimum atomic E-state index is -0.929. The monoisotopic (exact) mass is 378 g/mol. The van der Waals surface area contributed by atoms with E-state index in [1.807, 2.05) is 12.3 Å². The lowest BCUT2D eigenvalue weighted by atomic mass is 9.82. The molecule has 0 radical (unpaired) electrons. The molecule has 2 rings (SSSR count). The van der Waals surface area contributed by atoms with E-state index in [2.05, 4.69) is 5.32 Å². The summed E-state index contributed by atoms with van der Waals surface area (Å²) in [5.41, 5.74) is -0.426. The van der Waals surface area contributed by atoms with Crippen molar-refractivity contribution in [1.82, 2.24) is 10.2 Å². The third-order valence-corrected chi connectivity index (χ3v) is 5.42. The van der Waals surface area contributed by atoms with Gasteiger partial charge in [0.2, 0.25) is 5.91 Å². The molecule has 0 spiro atoms. The zero-order valence-corrected chi connectivity index (χ0v) is 16.1. The number of benzene rings is 1. The maximum Gasteiger partial charge on any atom is 0.311 e. The van der Waals surface area contributed by atoms with Crippen molar-refractivity contribution in [3.63, 3.8) is 0 Å². The largest absolute Gasteiger partial charge is 0.481 e. The molecule has 2 amide bonds. The van der Waals surface area contributed by atoms with E-state index in [-0.39, 0.29) is 18.4 Å². The van der Waals surface area contributed by atoms with Gasteiger partial charge in [-0.25, -0.2) is 0 Å². The van der Waals surface area contributed by atoms with Gasteiger partial charge in [-0.15, -0.1) is 0 Å². The molecule has 1 aliphatic rings. The Balaban J connectivity index is 2.11. The van der Waals surface area contributed by atoms with Crippen LogP contribution in [0.4, 0.5) is 0 Å². The van der Waals surface area contributed by atoms with Crippen LogP contribution >= 0.6 is 11.8 Å². The number of carboxylic acid groups (broad SMARTS) is 1. The topological polar surface area (TPSA) is 86.7 Å². The van der Waals surface area contributed by atoms with Crippen molar-refractivity contribution < 1.29 is 19.5 Å². The maximum absolute atomic E-state index is 13.0. The van der Waals surface area contributed by atoms with Gasteiger partial charge in [0.1, 0.15) is 6.04 Å². The molecule has 2 unspecified atom stereocenters. The summed E-state index contributed by atoms with van der Waals surface area (Å²) >= 11 is 1.61. The van der Waals surface area contributed by atoms with Crippen LogP contribution in [0.5, 0.6) is 0 Å². The number of likely N-dealkylation sites (tertiary alicyclic amines) is 1. The summed E-state index contributed by atoms with van der Waals surface area (Å²) in [6.07, 6.45) is 3.66. The Labute approximate surface area is 158 Å². The highest BCUT2D eigenvalue weighted by atomic mass is 32.2. The first-order valence-corrected chi connectivity index (χ1v) is 10.1. The van der Waals surface area contributed by atoms with Gasteiger partial charge in [0.15, 0.2) is 0 Å². The number of nitrogens with zero attached hydrogens (tertiary/aromatic N) is 1. The molecule has 7 heteroatoms. The highest BCUT2D eigenvalue weighted by Crippen LogP contribution is 2.30. The average molecular weight is 378 g/mol. The normalized spacial score (nSPS) is 21.1. The molecule has 0 aliphatic carbocycles. The predicted molar refractivity (Wildman–Crippen MR) is 102 cm³/mol. The predicted octanol–water partition coefficient (Wildman–Crippen LogP) is 2.25. The Bertz CT molecular complexity index is 652. The number of carbonyl (C=O) groups is 3. The number of amides is 2. The van der Waals surface area contributed by atoms with Crippen molar-refractivity contribution in [1.29, 1.82) is 0 Å². The molecule has 1 saturated heterocycles. The molecule has 0 saturated carbocycles. The van der Waals surface area contributed by atoms with Crippen LogP contribution in [0.25, 0.3) is 0 Å². The smallest absolute Gasteiger partial charge is 0.311 e. The van der Waals surface area contributed by atoms with Crippen molar-refractivity contribution in [2.75, 3.05) is 25.1 Å². The van der Waals surface area contributed by atoms with Crippen LogP contribution in [0, 0.1) is 5.41 Å². The first kappa shape index (κ1) is 20.3. The quantitative estimate of drug-likeness (QED) is 0.760. The molecule has 1 aromatic rings. The molecule has 2 atom stereocenters. The fraction of sp³-hybridized carbons (Fsp3) is 0.526. The molecule has 142 valence electrons. The van der Waals surface area contributed by atoms with Gasteiger partial charge in [-0.3, -0.25) is 14.4 Å². The lowest BCUT2D eigenvalue weighted by molar-refractivity contribution is -0.154. The van der Waals surface area contributed by atoms with Crippen molar-refractivity contribution >= 4 is 29.5 Å². The zero-order valence-electron chi connectivity index (χ0n) is 15.2. The van der Waals surface area contributed by atoms with Crippen molar-refractivity contribution in [2.45, 2.75) is 32.2 Å². The number of aliphatic carboxylic acids is 1. The number of piperidine rings is 1. The summed E-state index contributed by atoms with van der Waals surface area (Å²) in [5, 5.41) is 12.3. The highest BCUT2D eigenvalue weighted by molar-refractivity contribution is 7.98. The fourth-order valence-electron chi connectivity index (χ4n) is 3.15. The second-order valence-corrected chi connectivity index (χ2v) is 7.89. The SMILES string of the molecule is CSCCC(NC(=O)c1ccccc1)C(=O)N1CCCC(C)(C(=O)O)C1. The molecule has 1 fully saturated rings. The summed E-state index contributed by atoms with van der Waals surface area (Å²) in [4.78, 5) is 38.6. The van der Waals surface area contributed by atoms with Crippen LogP contribution in [-0.4, -0.2) is 58.9 Å². The molecule has 0 bridgehead atoms. The standard InChI is InChI=1S/C19H26N2O4S/c1-19(18(24)25)10-6-11-21(13-19)17(23)15(9-12-26-2)20-16(22)14-7-4-3-5-8-14/h3-5,7-8,15H,6,9-13H2,1-2H3,(H,20,22)(H,24,25). The minimum absolute atomic E-state index is 0.179. The molecule has 2 N–H and O–H groups in total. The second-order valence-electron chi connectivity index (χ2n) is 6.90. The van der Waals surface area contributed by atoms with E-state index in [4.69, 9.17) is 0 Å². The number of carboxylic acids is 1. The van der Waals surface area contributed by atoms with Gasteiger partial charge in [-0.05, 0) is 50.3 Å². The summed E-state index contributed by atoms with van der Waals surface area (Å²) in [5.74, 6) is -0.641. The van der Waals surface area contributed by atoms with Gasteiger partial charge >= 0.3 is 5.97 Å². The Hall–Kier alpha value is -2.02. The lowest BCUT2D eigenvalue weighted by Gasteiger charge is -2.39. The number of thioether (sulfide) groups is 1. The van der Waals surface area contributed by atoms with Crippen LogP contribution in [0.3, 0.4) is 0 Å². The number of hydrogen-bond acceptors (Lipinski definition) is 4.